The van der Waals surface area contributed by atoms with Crippen molar-refractivity contribution in [2.45, 2.75) is 6.92 Å². The number of carbonyl (C=O) groups excluding carboxylic acids is 1. The quantitative estimate of drug-likeness (QED) is 0.659. The van der Waals surface area contributed by atoms with Crippen LogP contribution in [0.3, 0.4) is 0 Å². The number of hydrogen-bond donors (Lipinski definition) is 1. The van der Waals surface area contributed by atoms with E-state index in [1.54, 1.807) is 6.92 Å². The van der Waals surface area contributed by atoms with Gasteiger partial charge in [-0.1, -0.05) is 0 Å². The lowest BCUT2D eigenvalue weighted by Crippen LogP contribution is -2.13. The van der Waals surface area contributed by atoms with Crippen LogP contribution in [0.1, 0.15) is 15.9 Å². The maximum absolute atomic E-state index is 13.2. The molecule has 6 heteroatoms. The standard InChI is InChI=1S/C14H9F4NO/c1-7-2-8(4-9(15)3-7)14(20)19-10-5-11(16)13(18)12(17)6-10/h2-6H,1H3,(H,19,20). The number of hydrogen-bond acceptors (Lipinski definition) is 1. The SMILES string of the molecule is Cc1cc(F)cc(C(=O)Nc2cc(F)c(F)c(F)c2)c1. The maximum atomic E-state index is 13.2. The zero-order chi connectivity index (χ0) is 14.9. The summed E-state index contributed by atoms with van der Waals surface area (Å²) in [7, 11) is 0. The smallest absolute Gasteiger partial charge is 0.255 e. The zero-order valence-electron chi connectivity index (χ0n) is 10.3. The minimum absolute atomic E-state index is 0.00681. The molecule has 0 aromatic heterocycles. The van der Waals surface area contributed by atoms with Crippen molar-refractivity contribution < 1.29 is 22.4 Å². The lowest BCUT2D eigenvalue weighted by Gasteiger charge is -2.07. The molecular formula is C14H9F4NO. The van der Waals surface area contributed by atoms with Crippen LogP contribution in [0.2, 0.25) is 0 Å². The Bertz CT molecular complexity index is 642. The molecule has 0 atom stereocenters. The largest absolute Gasteiger partial charge is 0.322 e. The summed E-state index contributed by atoms with van der Waals surface area (Å²) in [5.74, 6) is -5.82. The second-order valence-electron chi connectivity index (χ2n) is 4.23. The van der Waals surface area contributed by atoms with Crippen LogP contribution in [0, 0.1) is 30.2 Å². The van der Waals surface area contributed by atoms with E-state index in [-0.39, 0.29) is 11.3 Å². The lowest BCUT2D eigenvalue weighted by atomic mass is 10.1. The second-order valence-corrected chi connectivity index (χ2v) is 4.23. The number of rotatable bonds is 2. The predicted molar refractivity (Wildman–Crippen MR) is 65.4 cm³/mol. The van der Waals surface area contributed by atoms with Crippen LogP contribution in [-0.4, -0.2) is 5.91 Å². The molecule has 20 heavy (non-hydrogen) atoms. The Labute approximate surface area is 112 Å². The Balaban J connectivity index is 2.28. The van der Waals surface area contributed by atoms with E-state index in [2.05, 4.69) is 5.32 Å². The number of anilines is 1. The summed E-state index contributed by atoms with van der Waals surface area (Å²) in [6.07, 6.45) is 0. The van der Waals surface area contributed by atoms with Crippen LogP contribution in [0.5, 0.6) is 0 Å². The highest BCUT2D eigenvalue weighted by molar-refractivity contribution is 6.04. The van der Waals surface area contributed by atoms with Crippen LogP contribution in [-0.2, 0) is 0 Å². The van der Waals surface area contributed by atoms with Crippen LogP contribution < -0.4 is 5.32 Å². The van der Waals surface area contributed by atoms with Crippen molar-refractivity contribution >= 4 is 11.6 Å². The second kappa shape index (κ2) is 5.32. The molecule has 1 N–H and O–H groups in total. The van der Waals surface area contributed by atoms with Gasteiger partial charge in [-0.3, -0.25) is 4.79 Å². The van der Waals surface area contributed by atoms with Crippen molar-refractivity contribution in [2.24, 2.45) is 0 Å². The lowest BCUT2D eigenvalue weighted by molar-refractivity contribution is 0.102. The molecular weight excluding hydrogens is 274 g/mol. The van der Waals surface area contributed by atoms with E-state index in [0.717, 1.165) is 6.07 Å². The molecule has 104 valence electrons. The topological polar surface area (TPSA) is 29.1 Å². The molecule has 0 heterocycles. The number of benzene rings is 2. The third kappa shape index (κ3) is 2.96. The van der Waals surface area contributed by atoms with Gasteiger partial charge in [0.15, 0.2) is 17.5 Å². The first-order valence-corrected chi connectivity index (χ1v) is 5.60. The average Bonchev–Trinajstić information content (AvgIpc) is 2.34. The number of carbonyl (C=O) groups is 1. The minimum atomic E-state index is -1.62. The Morgan fingerprint density at radius 3 is 2.10 bits per heavy atom. The normalized spacial score (nSPS) is 10.4. The van der Waals surface area contributed by atoms with Gasteiger partial charge in [0.1, 0.15) is 5.82 Å². The molecule has 0 bridgehead atoms. The number of amides is 1. The molecule has 0 spiro atoms. The van der Waals surface area contributed by atoms with Crippen molar-refractivity contribution in [1.82, 2.24) is 0 Å². The Morgan fingerprint density at radius 1 is 0.950 bits per heavy atom. The molecule has 2 aromatic carbocycles. The molecule has 0 unspecified atom stereocenters. The molecule has 0 saturated carbocycles. The van der Waals surface area contributed by atoms with Crippen molar-refractivity contribution in [3.8, 4) is 0 Å². The van der Waals surface area contributed by atoms with Crippen LogP contribution in [0.15, 0.2) is 30.3 Å². The van der Waals surface area contributed by atoms with Crippen LogP contribution >= 0.6 is 0 Å². The molecule has 0 saturated heterocycles. The van der Waals surface area contributed by atoms with Crippen molar-refractivity contribution in [3.05, 3.63) is 64.7 Å². The third-order valence-electron chi connectivity index (χ3n) is 2.55. The summed E-state index contributed by atoms with van der Waals surface area (Å²) in [6.45, 7) is 1.59. The van der Waals surface area contributed by atoms with Gasteiger partial charge in [0, 0.05) is 23.4 Å². The summed E-state index contributed by atoms with van der Waals surface area (Å²) >= 11 is 0. The highest BCUT2D eigenvalue weighted by atomic mass is 19.2. The molecule has 0 aliphatic carbocycles. The molecule has 2 aromatic rings. The summed E-state index contributed by atoms with van der Waals surface area (Å²) in [6, 6.07) is 4.91. The fourth-order valence-corrected chi connectivity index (χ4v) is 1.70. The molecule has 0 radical (unpaired) electrons. The average molecular weight is 283 g/mol. The Kier molecular flexibility index (Phi) is 3.74. The Hall–Kier alpha value is -2.37. The molecule has 2 rings (SSSR count). The Morgan fingerprint density at radius 2 is 1.55 bits per heavy atom. The predicted octanol–water partition coefficient (Wildman–Crippen LogP) is 3.80. The van der Waals surface area contributed by atoms with Crippen LogP contribution in [0.4, 0.5) is 23.2 Å². The van der Waals surface area contributed by atoms with Crippen molar-refractivity contribution in [2.75, 3.05) is 5.32 Å². The van der Waals surface area contributed by atoms with Crippen LogP contribution in [0.25, 0.3) is 0 Å². The molecule has 0 aliphatic heterocycles. The number of halogens is 4. The first-order chi connectivity index (χ1) is 9.36. The minimum Gasteiger partial charge on any atom is -0.322 e. The summed E-state index contributed by atoms with van der Waals surface area (Å²) < 4.78 is 51.9. The summed E-state index contributed by atoms with van der Waals surface area (Å²) in [5, 5.41) is 2.17. The first kappa shape index (κ1) is 14.0. The van der Waals surface area contributed by atoms with E-state index in [4.69, 9.17) is 0 Å². The van der Waals surface area contributed by atoms with E-state index in [1.165, 1.54) is 12.1 Å². The zero-order valence-corrected chi connectivity index (χ0v) is 10.3. The summed E-state index contributed by atoms with van der Waals surface area (Å²) in [4.78, 5) is 11.8. The first-order valence-electron chi connectivity index (χ1n) is 5.60. The maximum Gasteiger partial charge on any atom is 0.255 e. The molecule has 0 fully saturated rings. The van der Waals surface area contributed by atoms with E-state index < -0.39 is 29.2 Å². The van der Waals surface area contributed by atoms with E-state index in [1.807, 2.05) is 0 Å². The van der Waals surface area contributed by atoms with E-state index >= 15 is 0 Å². The molecule has 1 amide bonds. The van der Waals surface area contributed by atoms with Gasteiger partial charge >= 0.3 is 0 Å². The van der Waals surface area contributed by atoms with Gasteiger partial charge in [-0.25, -0.2) is 17.6 Å². The van der Waals surface area contributed by atoms with Crippen molar-refractivity contribution in [1.29, 1.82) is 0 Å². The number of nitrogens with one attached hydrogen (secondary N) is 1. The highest BCUT2D eigenvalue weighted by Crippen LogP contribution is 2.18. The highest BCUT2D eigenvalue weighted by Gasteiger charge is 2.13. The van der Waals surface area contributed by atoms with Gasteiger partial charge in [-0.05, 0) is 30.7 Å². The van der Waals surface area contributed by atoms with Gasteiger partial charge in [0.25, 0.3) is 5.91 Å². The molecule has 0 aliphatic rings. The monoisotopic (exact) mass is 283 g/mol. The number of aryl methyl sites for hydroxylation is 1. The fraction of sp³-hybridized carbons (Fsp3) is 0.0714. The van der Waals surface area contributed by atoms with Gasteiger partial charge in [-0.15, -0.1) is 0 Å². The van der Waals surface area contributed by atoms with Gasteiger partial charge in [-0.2, -0.15) is 0 Å². The van der Waals surface area contributed by atoms with Gasteiger partial charge < -0.3 is 5.32 Å². The van der Waals surface area contributed by atoms with E-state index in [9.17, 15) is 22.4 Å². The summed E-state index contributed by atoms with van der Waals surface area (Å²) in [5.41, 5.74) is 0.257. The van der Waals surface area contributed by atoms with E-state index in [0.29, 0.717) is 17.7 Å². The fourth-order valence-electron chi connectivity index (χ4n) is 1.70. The van der Waals surface area contributed by atoms with Gasteiger partial charge in [0.05, 0.1) is 0 Å². The van der Waals surface area contributed by atoms with Gasteiger partial charge in [0.2, 0.25) is 0 Å². The molecule has 2 nitrogen and oxygen atoms in total. The van der Waals surface area contributed by atoms with Crippen molar-refractivity contribution in [3.63, 3.8) is 0 Å². The third-order valence-corrected chi connectivity index (χ3v) is 2.55.